The first-order chi connectivity index (χ1) is 16.0. The lowest BCUT2D eigenvalue weighted by Gasteiger charge is -2.36. The van der Waals surface area contributed by atoms with Crippen LogP contribution in [0.5, 0.6) is 5.75 Å². The zero-order chi connectivity index (χ0) is 23.5. The Labute approximate surface area is 190 Å². The molecule has 1 saturated heterocycles. The maximum Gasteiger partial charge on any atom is 0.282 e. The number of hydrogen-bond acceptors (Lipinski definition) is 8. The molecule has 2 aliphatic heterocycles. The highest BCUT2D eigenvalue weighted by atomic mass is 16.6. The van der Waals surface area contributed by atoms with Crippen LogP contribution in [0.25, 0.3) is 5.57 Å². The monoisotopic (exact) mass is 452 g/mol. The number of ether oxygens (including phenoxy) is 1. The van der Waals surface area contributed by atoms with E-state index in [-0.39, 0.29) is 23.6 Å². The molecule has 0 aliphatic carbocycles. The number of piperazine rings is 1. The van der Waals surface area contributed by atoms with E-state index in [1.807, 2.05) is 4.90 Å². The number of aliphatic hydroxyl groups excluding tert-OH is 1. The first-order valence-electron chi connectivity index (χ1n) is 10.5. The van der Waals surface area contributed by atoms with Gasteiger partial charge in [0.2, 0.25) is 0 Å². The molecule has 33 heavy (non-hydrogen) atoms. The molecular weight excluding hydrogens is 428 g/mol. The third-order valence-electron chi connectivity index (χ3n) is 5.86. The maximum atomic E-state index is 13.6. The minimum Gasteiger partial charge on any atom is -0.495 e. The van der Waals surface area contributed by atoms with Gasteiger partial charge in [-0.15, -0.1) is 0 Å². The zero-order valence-corrected chi connectivity index (χ0v) is 18.1. The van der Waals surface area contributed by atoms with Crippen molar-refractivity contribution in [1.29, 1.82) is 0 Å². The fourth-order valence-electron chi connectivity index (χ4n) is 4.19. The first kappa shape index (κ1) is 22.4. The normalized spacial score (nSPS) is 17.2. The number of methoxy groups -OCH3 is 1. The largest absolute Gasteiger partial charge is 0.495 e. The van der Waals surface area contributed by atoms with Gasteiger partial charge in [0.1, 0.15) is 11.4 Å². The molecule has 0 aromatic heterocycles. The number of carbonyl (C=O) groups is 2. The molecule has 2 amide bonds. The van der Waals surface area contributed by atoms with E-state index in [1.54, 1.807) is 24.3 Å². The summed E-state index contributed by atoms with van der Waals surface area (Å²) in [7, 11) is 1.47. The highest BCUT2D eigenvalue weighted by Gasteiger charge is 2.44. The second-order valence-corrected chi connectivity index (χ2v) is 7.70. The lowest BCUT2D eigenvalue weighted by Crippen LogP contribution is -2.48. The zero-order valence-electron chi connectivity index (χ0n) is 18.1. The molecule has 10 heteroatoms. The predicted octanol–water partition coefficient (Wildman–Crippen LogP) is 1.50. The molecule has 0 spiro atoms. The van der Waals surface area contributed by atoms with E-state index in [9.17, 15) is 24.8 Å². The fourth-order valence-corrected chi connectivity index (χ4v) is 4.19. The number of nitro benzene ring substituents is 1. The average molecular weight is 452 g/mol. The smallest absolute Gasteiger partial charge is 0.282 e. The van der Waals surface area contributed by atoms with Crippen LogP contribution in [0.1, 0.15) is 5.56 Å². The van der Waals surface area contributed by atoms with Crippen molar-refractivity contribution in [3.05, 3.63) is 69.9 Å². The van der Waals surface area contributed by atoms with Gasteiger partial charge in [-0.05, 0) is 29.8 Å². The summed E-state index contributed by atoms with van der Waals surface area (Å²) >= 11 is 0. The van der Waals surface area contributed by atoms with E-state index in [4.69, 9.17) is 4.74 Å². The molecule has 0 radical (unpaired) electrons. The Kier molecular flexibility index (Phi) is 6.38. The summed E-state index contributed by atoms with van der Waals surface area (Å²) in [6, 6.07) is 12.4. The van der Waals surface area contributed by atoms with E-state index in [0.29, 0.717) is 49.7 Å². The Morgan fingerprint density at radius 1 is 1.00 bits per heavy atom. The average Bonchev–Trinajstić information content (AvgIpc) is 3.09. The predicted molar refractivity (Wildman–Crippen MR) is 121 cm³/mol. The van der Waals surface area contributed by atoms with Crippen LogP contribution in [0.3, 0.4) is 0 Å². The third-order valence-corrected chi connectivity index (χ3v) is 5.86. The minimum absolute atomic E-state index is 0.0513. The molecule has 2 aromatic rings. The molecule has 1 fully saturated rings. The van der Waals surface area contributed by atoms with Gasteiger partial charge < -0.3 is 14.7 Å². The minimum atomic E-state index is -0.512. The number of rotatable bonds is 7. The Morgan fingerprint density at radius 3 is 2.27 bits per heavy atom. The Hall–Kier alpha value is -3.76. The second-order valence-electron chi connectivity index (χ2n) is 7.70. The van der Waals surface area contributed by atoms with E-state index >= 15 is 0 Å². The van der Waals surface area contributed by atoms with Crippen LogP contribution < -0.4 is 9.64 Å². The molecule has 10 nitrogen and oxygen atoms in total. The molecule has 0 unspecified atom stereocenters. The topological polar surface area (TPSA) is 116 Å². The second kappa shape index (κ2) is 9.39. The van der Waals surface area contributed by atoms with E-state index in [1.165, 1.54) is 31.4 Å². The third kappa shape index (κ3) is 4.18. The number of benzene rings is 2. The van der Waals surface area contributed by atoms with Crippen molar-refractivity contribution < 1.29 is 24.4 Å². The number of para-hydroxylation sites is 2. The molecular formula is C23H24N4O6. The fraction of sp³-hybridized carbons (Fsp3) is 0.304. The van der Waals surface area contributed by atoms with Crippen molar-refractivity contribution in [3.63, 3.8) is 0 Å². The van der Waals surface area contributed by atoms with Gasteiger partial charge in [-0.3, -0.25) is 24.6 Å². The molecule has 4 rings (SSSR count). The summed E-state index contributed by atoms with van der Waals surface area (Å²) in [5.74, 6) is -0.587. The lowest BCUT2D eigenvalue weighted by molar-refractivity contribution is -0.384. The van der Waals surface area contributed by atoms with Crippen LogP contribution in [0.2, 0.25) is 0 Å². The van der Waals surface area contributed by atoms with Crippen molar-refractivity contribution in [3.8, 4) is 5.75 Å². The molecule has 0 saturated carbocycles. The van der Waals surface area contributed by atoms with E-state index in [2.05, 4.69) is 4.90 Å². The van der Waals surface area contributed by atoms with Gasteiger partial charge in [0, 0.05) is 44.9 Å². The Morgan fingerprint density at radius 2 is 1.67 bits per heavy atom. The number of aliphatic hydroxyl groups is 1. The molecule has 2 heterocycles. The first-order valence-corrected chi connectivity index (χ1v) is 10.5. The van der Waals surface area contributed by atoms with Crippen molar-refractivity contribution >= 4 is 28.8 Å². The van der Waals surface area contributed by atoms with Crippen LogP contribution in [-0.4, -0.2) is 78.1 Å². The van der Waals surface area contributed by atoms with Gasteiger partial charge in [0.15, 0.2) is 0 Å². The van der Waals surface area contributed by atoms with Gasteiger partial charge in [-0.2, -0.15) is 0 Å². The van der Waals surface area contributed by atoms with Gasteiger partial charge in [-0.25, -0.2) is 4.90 Å². The molecule has 172 valence electrons. The number of carbonyl (C=O) groups excluding carboxylic acids is 2. The van der Waals surface area contributed by atoms with Gasteiger partial charge in [0.05, 0.1) is 29.9 Å². The number of amides is 2. The Bertz CT molecular complexity index is 1110. The number of nitro groups is 1. The van der Waals surface area contributed by atoms with Crippen molar-refractivity contribution in [2.45, 2.75) is 0 Å². The summed E-state index contributed by atoms with van der Waals surface area (Å²) in [5, 5.41) is 20.3. The molecule has 0 bridgehead atoms. The van der Waals surface area contributed by atoms with Crippen molar-refractivity contribution in [2.24, 2.45) is 0 Å². The summed E-state index contributed by atoms with van der Waals surface area (Å²) in [6.45, 7) is 2.87. The molecule has 2 aromatic carbocycles. The number of non-ortho nitro benzene ring substituents is 1. The van der Waals surface area contributed by atoms with Gasteiger partial charge >= 0.3 is 0 Å². The number of imide groups is 1. The van der Waals surface area contributed by atoms with Crippen LogP contribution in [0.15, 0.2) is 54.2 Å². The van der Waals surface area contributed by atoms with E-state index < -0.39 is 16.7 Å². The quantitative estimate of drug-likeness (QED) is 0.382. The van der Waals surface area contributed by atoms with Crippen molar-refractivity contribution in [2.75, 3.05) is 51.3 Å². The summed E-state index contributed by atoms with van der Waals surface area (Å²) < 4.78 is 5.38. The van der Waals surface area contributed by atoms with Crippen LogP contribution in [0, 0.1) is 10.1 Å². The summed E-state index contributed by atoms with van der Waals surface area (Å²) in [5.41, 5.74) is 1.14. The number of anilines is 1. The lowest BCUT2D eigenvalue weighted by atomic mass is 10.0. The van der Waals surface area contributed by atoms with Crippen LogP contribution in [0.4, 0.5) is 11.4 Å². The highest BCUT2D eigenvalue weighted by Crippen LogP contribution is 2.39. The van der Waals surface area contributed by atoms with Crippen LogP contribution >= 0.6 is 0 Å². The van der Waals surface area contributed by atoms with Crippen molar-refractivity contribution in [1.82, 2.24) is 9.80 Å². The van der Waals surface area contributed by atoms with Crippen LogP contribution in [-0.2, 0) is 9.59 Å². The number of β-amino-alcohol motifs (C(OH)–C–C–N with tert-alkyl or cyclic N) is 1. The highest BCUT2D eigenvalue weighted by molar-refractivity contribution is 6.45. The molecule has 2 aliphatic rings. The number of nitrogens with zero attached hydrogens (tertiary/aromatic N) is 4. The summed E-state index contributed by atoms with van der Waals surface area (Å²) in [6.07, 6.45) is 0. The molecule has 0 atom stereocenters. The molecule has 1 N–H and O–H groups in total. The Balaban J connectivity index is 1.77. The van der Waals surface area contributed by atoms with Gasteiger partial charge in [0.25, 0.3) is 17.5 Å². The maximum absolute atomic E-state index is 13.6. The van der Waals surface area contributed by atoms with E-state index in [0.717, 1.165) is 4.90 Å². The number of hydrogen-bond donors (Lipinski definition) is 1. The standard InChI is InChI=1S/C23H24N4O6/c1-33-19-5-3-2-4-18(19)26-22(29)20(16-6-8-17(9-7-16)27(31)32)21(23(26)30)25-12-10-24(11-13-25)14-15-28/h2-9,28H,10-15H2,1H3. The SMILES string of the molecule is COc1ccccc1N1C(=O)C(c2ccc([N+](=O)[O-])cc2)=C(N2CCN(CCO)CC2)C1=O. The van der Waals surface area contributed by atoms with Gasteiger partial charge in [-0.1, -0.05) is 12.1 Å². The summed E-state index contributed by atoms with van der Waals surface area (Å²) in [4.78, 5) is 42.9.